The van der Waals surface area contributed by atoms with Gasteiger partial charge in [0.25, 0.3) is 5.69 Å². The van der Waals surface area contributed by atoms with E-state index in [2.05, 4.69) is 5.32 Å². The summed E-state index contributed by atoms with van der Waals surface area (Å²) in [5.41, 5.74) is -1.28. The molecule has 0 amide bonds. The van der Waals surface area contributed by atoms with Gasteiger partial charge >= 0.3 is 11.9 Å². The maximum Gasteiger partial charge on any atom is 0.336 e. The molecule has 2 saturated heterocycles. The van der Waals surface area contributed by atoms with E-state index in [9.17, 15) is 29.6 Å². The van der Waals surface area contributed by atoms with Crippen LogP contribution in [0.5, 0.6) is 0 Å². The van der Waals surface area contributed by atoms with Crippen LogP contribution >= 0.6 is 0 Å². The number of nitrogens with one attached hydrogen (secondary N) is 1. The van der Waals surface area contributed by atoms with Crippen molar-refractivity contribution in [3.63, 3.8) is 0 Å². The zero-order valence-corrected chi connectivity index (χ0v) is 21.5. The first kappa shape index (κ1) is 27.4. The van der Waals surface area contributed by atoms with Gasteiger partial charge in [-0.1, -0.05) is 19.1 Å². The fourth-order valence-electron chi connectivity index (χ4n) is 5.28. The zero-order valence-electron chi connectivity index (χ0n) is 21.5. The Hall–Kier alpha value is -3.61. The quantitative estimate of drug-likeness (QED) is 0.286. The largest absolute Gasteiger partial charge is 0.466 e. The van der Waals surface area contributed by atoms with Crippen LogP contribution in [-0.2, 0) is 33.3 Å². The van der Waals surface area contributed by atoms with Crippen molar-refractivity contribution in [2.45, 2.75) is 63.4 Å². The van der Waals surface area contributed by atoms with E-state index in [0.29, 0.717) is 23.4 Å². The second-order valence-electron chi connectivity index (χ2n) is 9.54. The Morgan fingerprint density at radius 2 is 1.92 bits per heavy atom. The molecule has 204 valence electrons. The van der Waals surface area contributed by atoms with Crippen LogP contribution in [0.2, 0.25) is 0 Å². The Kier molecular flexibility index (Phi) is 7.68. The first-order valence-electron chi connectivity index (χ1n) is 12.2. The topological polar surface area (TPSA) is 164 Å². The van der Waals surface area contributed by atoms with Gasteiger partial charge in [0.1, 0.15) is 12.2 Å². The van der Waals surface area contributed by atoms with Crippen LogP contribution < -0.4 is 5.32 Å². The standard InChI is InChI=1S/C26H30N2O10/c1-5-7-18(29)38-17-11-36-24-22(17)37-12-26(24,32)23(30)19-13(2)27-14(3)20(25(31)35-4)21(19)15-8-6-9-16(10-15)28(33)34/h6,8-10,17,21-22,24,27,32H,5,7,11-12H2,1-4H3/t17-,21?,22+,24-,26-/m0/s1. The third kappa shape index (κ3) is 4.70. The number of ketones is 1. The highest BCUT2D eigenvalue weighted by Gasteiger charge is 2.62. The highest BCUT2D eigenvalue weighted by molar-refractivity contribution is 6.08. The first-order chi connectivity index (χ1) is 18.0. The number of nitro groups is 1. The molecule has 0 aliphatic carbocycles. The number of esters is 2. The van der Waals surface area contributed by atoms with Gasteiger partial charge in [-0.2, -0.15) is 0 Å². The minimum atomic E-state index is -2.17. The molecule has 2 fully saturated rings. The average molecular weight is 531 g/mol. The number of non-ortho nitro benzene ring substituents is 1. The first-order valence-corrected chi connectivity index (χ1v) is 12.2. The van der Waals surface area contributed by atoms with Crippen molar-refractivity contribution >= 4 is 23.4 Å². The summed E-state index contributed by atoms with van der Waals surface area (Å²) in [4.78, 5) is 50.0. The van der Waals surface area contributed by atoms with E-state index in [1.807, 2.05) is 6.92 Å². The third-order valence-corrected chi connectivity index (χ3v) is 7.03. The second-order valence-corrected chi connectivity index (χ2v) is 9.54. The van der Waals surface area contributed by atoms with Crippen molar-refractivity contribution < 1.29 is 43.4 Å². The fraction of sp³-hybridized carbons (Fsp3) is 0.500. The number of Topliss-reactive ketones (excluding diaryl/α,β-unsaturated/α-hetero) is 1. The van der Waals surface area contributed by atoms with Crippen LogP contribution in [-0.4, -0.2) is 72.0 Å². The number of nitrogens with zero attached hydrogens (tertiary/aromatic N) is 1. The predicted molar refractivity (Wildman–Crippen MR) is 131 cm³/mol. The summed E-state index contributed by atoms with van der Waals surface area (Å²) in [7, 11) is 1.19. The van der Waals surface area contributed by atoms with E-state index in [1.54, 1.807) is 19.9 Å². The molecular weight excluding hydrogens is 500 g/mol. The Morgan fingerprint density at radius 3 is 2.58 bits per heavy atom. The number of benzene rings is 1. The Morgan fingerprint density at radius 1 is 1.21 bits per heavy atom. The maximum absolute atomic E-state index is 14.1. The number of dihydropyridines is 1. The number of carbonyl (C=O) groups is 3. The number of methoxy groups -OCH3 is 1. The molecule has 1 aromatic carbocycles. The monoisotopic (exact) mass is 530 g/mol. The predicted octanol–water partition coefficient (Wildman–Crippen LogP) is 1.81. The maximum atomic E-state index is 14.1. The van der Waals surface area contributed by atoms with E-state index in [0.717, 1.165) is 0 Å². The lowest BCUT2D eigenvalue weighted by Gasteiger charge is -2.34. The van der Waals surface area contributed by atoms with Gasteiger partial charge in [-0.3, -0.25) is 19.7 Å². The molecule has 1 unspecified atom stereocenters. The number of rotatable bonds is 8. The van der Waals surface area contributed by atoms with E-state index >= 15 is 0 Å². The lowest BCUT2D eigenvalue weighted by molar-refractivity contribution is -0.384. The van der Waals surface area contributed by atoms with Crippen molar-refractivity contribution in [1.82, 2.24) is 5.32 Å². The molecule has 3 heterocycles. The Balaban J connectivity index is 1.74. The number of nitro benzene ring substituents is 1. The van der Waals surface area contributed by atoms with Gasteiger partial charge < -0.3 is 29.4 Å². The normalized spacial score (nSPS) is 28.6. The SMILES string of the molecule is CCCC(=O)O[C@H]1CO[C@H]2[C@@H]1OC[C@]2(O)C(=O)C1=C(C)NC(C)=C(C(=O)OC)C1c1cccc([N+](=O)[O-])c1. The zero-order chi connectivity index (χ0) is 27.8. The van der Waals surface area contributed by atoms with Crippen LogP contribution in [0, 0.1) is 10.1 Å². The van der Waals surface area contributed by atoms with Crippen molar-refractivity contribution in [2.24, 2.45) is 0 Å². The number of hydrogen-bond acceptors (Lipinski definition) is 11. The van der Waals surface area contributed by atoms with Gasteiger partial charge in [-0.25, -0.2) is 4.79 Å². The molecule has 0 spiro atoms. The number of aliphatic hydroxyl groups is 1. The van der Waals surface area contributed by atoms with Crippen LogP contribution in [0.25, 0.3) is 0 Å². The summed E-state index contributed by atoms with van der Waals surface area (Å²) in [6, 6.07) is 5.59. The van der Waals surface area contributed by atoms with Crippen LogP contribution in [0.15, 0.2) is 46.8 Å². The minimum absolute atomic E-state index is 0.0123. The van der Waals surface area contributed by atoms with Crippen LogP contribution in [0.1, 0.15) is 45.1 Å². The highest BCUT2D eigenvalue weighted by atomic mass is 16.6. The van der Waals surface area contributed by atoms with E-state index in [4.69, 9.17) is 18.9 Å². The smallest absolute Gasteiger partial charge is 0.336 e. The molecule has 0 radical (unpaired) electrons. The van der Waals surface area contributed by atoms with Crippen molar-refractivity contribution in [1.29, 1.82) is 0 Å². The van der Waals surface area contributed by atoms with Crippen molar-refractivity contribution in [3.8, 4) is 0 Å². The Labute approximate surface area is 218 Å². The minimum Gasteiger partial charge on any atom is -0.466 e. The molecule has 38 heavy (non-hydrogen) atoms. The summed E-state index contributed by atoms with van der Waals surface area (Å²) in [5, 5.41) is 26.2. The molecule has 12 heteroatoms. The molecule has 5 atom stereocenters. The van der Waals surface area contributed by atoms with Gasteiger partial charge in [0.2, 0.25) is 0 Å². The molecule has 2 N–H and O–H groups in total. The summed E-state index contributed by atoms with van der Waals surface area (Å²) in [6.07, 6.45) is -1.98. The fourth-order valence-corrected chi connectivity index (χ4v) is 5.28. The number of carbonyl (C=O) groups excluding carboxylic acids is 3. The van der Waals surface area contributed by atoms with E-state index in [-0.39, 0.29) is 29.9 Å². The summed E-state index contributed by atoms with van der Waals surface area (Å²) in [6.45, 7) is 4.58. The van der Waals surface area contributed by atoms with Crippen molar-refractivity contribution in [3.05, 3.63) is 62.5 Å². The number of ether oxygens (including phenoxy) is 4. The molecule has 12 nitrogen and oxygen atoms in total. The lowest BCUT2D eigenvalue weighted by atomic mass is 9.74. The molecule has 3 aliphatic heterocycles. The summed E-state index contributed by atoms with van der Waals surface area (Å²) < 4.78 is 21.9. The molecular formula is C26H30N2O10. The van der Waals surface area contributed by atoms with Gasteiger partial charge in [-0.05, 0) is 25.8 Å². The van der Waals surface area contributed by atoms with E-state index < -0.39 is 59.1 Å². The number of allylic oxidation sites excluding steroid dienone is 2. The van der Waals surface area contributed by atoms with Gasteiger partial charge in [0.05, 0.1) is 30.8 Å². The molecule has 3 aliphatic rings. The molecule has 0 aromatic heterocycles. The van der Waals surface area contributed by atoms with Crippen LogP contribution in [0.3, 0.4) is 0 Å². The molecule has 1 aromatic rings. The average Bonchev–Trinajstić information content (AvgIpc) is 3.44. The van der Waals surface area contributed by atoms with Gasteiger partial charge in [0.15, 0.2) is 17.5 Å². The Bertz CT molecular complexity index is 1240. The van der Waals surface area contributed by atoms with Gasteiger partial charge in [-0.15, -0.1) is 0 Å². The lowest BCUT2D eigenvalue weighted by Crippen LogP contribution is -2.53. The highest BCUT2D eigenvalue weighted by Crippen LogP contribution is 2.45. The summed E-state index contributed by atoms with van der Waals surface area (Å²) >= 11 is 0. The second kappa shape index (κ2) is 10.6. The summed E-state index contributed by atoms with van der Waals surface area (Å²) in [5.74, 6) is -3.03. The van der Waals surface area contributed by atoms with Crippen molar-refractivity contribution in [2.75, 3.05) is 20.3 Å². The molecule has 0 bridgehead atoms. The molecule has 4 rings (SSSR count). The van der Waals surface area contributed by atoms with Gasteiger partial charge in [0, 0.05) is 41.4 Å². The third-order valence-electron chi connectivity index (χ3n) is 7.03. The number of fused-ring (bicyclic) bond motifs is 1. The van der Waals surface area contributed by atoms with E-state index in [1.165, 1.54) is 25.3 Å². The molecule has 0 saturated carbocycles. The number of hydrogen-bond donors (Lipinski definition) is 2. The van der Waals surface area contributed by atoms with Crippen LogP contribution in [0.4, 0.5) is 5.69 Å².